The van der Waals surface area contributed by atoms with Crippen LogP contribution in [0.5, 0.6) is 0 Å². The highest BCUT2D eigenvalue weighted by Crippen LogP contribution is 2.19. The van der Waals surface area contributed by atoms with Gasteiger partial charge in [0.25, 0.3) is 5.91 Å². The van der Waals surface area contributed by atoms with E-state index in [2.05, 4.69) is 41.2 Å². The molecule has 3 aromatic rings. The van der Waals surface area contributed by atoms with E-state index in [-0.39, 0.29) is 11.9 Å². The van der Waals surface area contributed by atoms with E-state index < -0.39 is 0 Å². The van der Waals surface area contributed by atoms with Gasteiger partial charge in [-0.15, -0.1) is 5.10 Å². The Bertz CT molecular complexity index is 901. The van der Waals surface area contributed by atoms with Gasteiger partial charge in [0.15, 0.2) is 5.65 Å². The third-order valence-electron chi connectivity index (χ3n) is 4.26. The number of amides is 1. The molecule has 3 aromatic heterocycles. The summed E-state index contributed by atoms with van der Waals surface area (Å²) < 4.78 is 2.71. The molecule has 1 amide bonds. The Morgan fingerprint density at radius 2 is 2.33 bits per heavy atom. The van der Waals surface area contributed by atoms with E-state index >= 15 is 0 Å². The van der Waals surface area contributed by atoms with Crippen molar-refractivity contribution in [1.29, 1.82) is 0 Å². The maximum Gasteiger partial charge on any atom is 0.268 e. The predicted molar refractivity (Wildman–Crippen MR) is 94.3 cm³/mol. The molecular weight excluding hydrogens is 372 g/mol. The molecule has 7 nitrogen and oxygen atoms in total. The second-order valence-electron chi connectivity index (χ2n) is 6.00. The first-order valence-electron chi connectivity index (χ1n) is 7.81. The smallest absolute Gasteiger partial charge is 0.268 e. The van der Waals surface area contributed by atoms with Crippen LogP contribution in [0.3, 0.4) is 0 Å². The first-order valence-corrected chi connectivity index (χ1v) is 8.60. The van der Waals surface area contributed by atoms with Crippen LogP contribution in [0.4, 0.5) is 5.82 Å². The molecule has 24 heavy (non-hydrogen) atoms. The van der Waals surface area contributed by atoms with Crippen LogP contribution in [-0.4, -0.2) is 44.6 Å². The Morgan fingerprint density at radius 3 is 3.12 bits per heavy atom. The van der Waals surface area contributed by atoms with Crippen molar-refractivity contribution in [2.75, 3.05) is 18.0 Å². The summed E-state index contributed by atoms with van der Waals surface area (Å²) in [6.07, 6.45) is 4.46. The summed E-state index contributed by atoms with van der Waals surface area (Å²) in [6, 6.07) is 5.84. The third-order valence-corrected chi connectivity index (χ3v) is 4.72. The number of H-pyrrole nitrogens is 1. The lowest BCUT2D eigenvalue weighted by molar-refractivity contribution is 0.0936. The van der Waals surface area contributed by atoms with E-state index in [0.717, 1.165) is 41.1 Å². The van der Waals surface area contributed by atoms with Crippen LogP contribution < -0.4 is 10.2 Å². The lowest BCUT2D eigenvalue weighted by Gasteiger charge is -2.18. The van der Waals surface area contributed by atoms with Crippen LogP contribution in [-0.2, 0) is 0 Å². The highest BCUT2D eigenvalue weighted by atomic mass is 79.9. The molecule has 0 bridgehead atoms. The first-order chi connectivity index (χ1) is 11.6. The fourth-order valence-electron chi connectivity index (χ4n) is 3.00. The fourth-order valence-corrected chi connectivity index (χ4v) is 3.34. The zero-order valence-corrected chi connectivity index (χ0v) is 14.7. The number of carbonyl (C=O) groups excluding carboxylic acids is 1. The number of rotatable bonds is 3. The number of aryl methyl sites for hydroxylation is 1. The minimum Gasteiger partial charge on any atom is -0.356 e. The molecule has 0 aromatic carbocycles. The normalized spacial score (nSPS) is 17.6. The topological polar surface area (TPSA) is 78.3 Å². The minimum atomic E-state index is -0.0820. The van der Waals surface area contributed by atoms with E-state index in [1.54, 1.807) is 12.3 Å². The molecule has 124 valence electrons. The van der Waals surface area contributed by atoms with Crippen LogP contribution in [0.2, 0.25) is 0 Å². The Morgan fingerprint density at radius 1 is 1.46 bits per heavy atom. The van der Waals surface area contributed by atoms with Crippen molar-refractivity contribution in [3.05, 3.63) is 46.5 Å². The number of nitrogens with one attached hydrogen (secondary N) is 2. The number of fused-ring (bicyclic) bond motifs is 1. The van der Waals surface area contributed by atoms with Gasteiger partial charge in [0, 0.05) is 29.8 Å². The van der Waals surface area contributed by atoms with E-state index in [1.165, 1.54) is 0 Å². The SMILES string of the molecule is Cc1cnc2ccc(N3CC[C@H](NC(=O)c4cc(Br)c[nH]4)C3)nn12. The van der Waals surface area contributed by atoms with Gasteiger partial charge in [0.1, 0.15) is 11.5 Å². The fraction of sp³-hybridized carbons (Fsp3) is 0.312. The van der Waals surface area contributed by atoms with E-state index in [0.29, 0.717) is 5.69 Å². The Balaban J connectivity index is 1.45. The number of halogens is 1. The summed E-state index contributed by atoms with van der Waals surface area (Å²) in [5.41, 5.74) is 2.42. The molecule has 1 aliphatic heterocycles. The number of nitrogens with zero attached hydrogens (tertiary/aromatic N) is 4. The van der Waals surface area contributed by atoms with Gasteiger partial charge in [0.05, 0.1) is 11.9 Å². The van der Waals surface area contributed by atoms with Crippen LogP contribution >= 0.6 is 15.9 Å². The monoisotopic (exact) mass is 388 g/mol. The van der Waals surface area contributed by atoms with Crippen molar-refractivity contribution in [2.45, 2.75) is 19.4 Å². The second kappa shape index (κ2) is 5.94. The van der Waals surface area contributed by atoms with Crippen LogP contribution in [0.15, 0.2) is 35.1 Å². The van der Waals surface area contributed by atoms with Gasteiger partial charge in [-0.3, -0.25) is 4.79 Å². The molecule has 1 saturated heterocycles. The lowest BCUT2D eigenvalue weighted by atomic mass is 10.2. The van der Waals surface area contributed by atoms with Gasteiger partial charge in [-0.2, -0.15) is 0 Å². The van der Waals surface area contributed by atoms with Crippen molar-refractivity contribution in [3.8, 4) is 0 Å². The highest BCUT2D eigenvalue weighted by molar-refractivity contribution is 9.10. The van der Waals surface area contributed by atoms with Gasteiger partial charge >= 0.3 is 0 Å². The molecule has 0 spiro atoms. The Kier molecular flexibility index (Phi) is 3.76. The summed E-state index contributed by atoms with van der Waals surface area (Å²) in [5.74, 6) is 0.824. The van der Waals surface area contributed by atoms with Crippen molar-refractivity contribution >= 4 is 33.3 Å². The van der Waals surface area contributed by atoms with Crippen molar-refractivity contribution in [2.24, 2.45) is 0 Å². The van der Waals surface area contributed by atoms with E-state index in [4.69, 9.17) is 0 Å². The molecule has 0 saturated carbocycles. The highest BCUT2D eigenvalue weighted by Gasteiger charge is 2.26. The molecule has 0 unspecified atom stereocenters. The Labute approximate surface area is 147 Å². The zero-order valence-electron chi connectivity index (χ0n) is 13.2. The van der Waals surface area contributed by atoms with Crippen LogP contribution in [0, 0.1) is 6.92 Å². The first kappa shape index (κ1) is 15.2. The largest absolute Gasteiger partial charge is 0.356 e. The molecule has 0 aliphatic carbocycles. The quantitative estimate of drug-likeness (QED) is 0.720. The summed E-state index contributed by atoms with van der Waals surface area (Å²) in [5, 5.41) is 7.72. The molecule has 4 heterocycles. The average Bonchev–Trinajstić information content (AvgIpc) is 3.28. The molecule has 1 aliphatic rings. The third kappa shape index (κ3) is 2.77. The van der Waals surface area contributed by atoms with Crippen molar-refractivity contribution in [3.63, 3.8) is 0 Å². The number of hydrogen-bond donors (Lipinski definition) is 2. The van der Waals surface area contributed by atoms with Gasteiger partial charge in [-0.1, -0.05) is 0 Å². The summed E-state index contributed by atoms with van der Waals surface area (Å²) in [6.45, 7) is 3.60. The molecule has 4 rings (SSSR count). The molecule has 1 atom stereocenters. The maximum atomic E-state index is 12.2. The van der Waals surface area contributed by atoms with Gasteiger partial charge in [-0.05, 0) is 47.5 Å². The predicted octanol–water partition coefficient (Wildman–Crippen LogP) is 2.14. The standard InChI is InChI=1S/C16H17BrN6O/c1-10-7-19-14-2-3-15(21-23(10)14)22-5-4-12(9-22)20-16(24)13-6-11(17)8-18-13/h2-3,6-8,12,18H,4-5,9H2,1H3,(H,20,24)/t12-/m0/s1. The minimum absolute atomic E-state index is 0.0820. The second-order valence-corrected chi connectivity index (χ2v) is 6.91. The van der Waals surface area contributed by atoms with Crippen molar-refractivity contribution in [1.82, 2.24) is 24.9 Å². The lowest BCUT2D eigenvalue weighted by Crippen LogP contribution is -2.37. The number of carbonyl (C=O) groups is 1. The maximum absolute atomic E-state index is 12.2. The number of aromatic amines is 1. The zero-order chi connectivity index (χ0) is 16.7. The molecular formula is C16H17BrN6O. The number of aromatic nitrogens is 4. The number of imidazole rings is 1. The Hall–Kier alpha value is -2.35. The van der Waals surface area contributed by atoms with Gasteiger partial charge < -0.3 is 15.2 Å². The van der Waals surface area contributed by atoms with Gasteiger partial charge in [-0.25, -0.2) is 9.50 Å². The molecule has 2 N–H and O–H groups in total. The molecule has 0 radical (unpaired) electrons. The van der Waals surface area contributed by atoms with Crippen LogP contribution in [0.25, 0.3) is 5.65 Å². The summed E-state index contributed by atoms with van der Waals surface area (Å²) >= 11 is 3.34. The summed E-state index contributed by atoms with van der Waals surface area (Å²) in [7, 11) is 0. The van der Waals surface area contributed by atoms with Gasteiger partial charge in [0.2, 0.25) is 0 Å². The van der Waals surface area contributed by atoms with Crippen molar-refractivity contribution < 1.29 is 4.79 Å². The molecule has 8 heteroatoms. The van der Waals surface area contributed by atoms with E-state index in [9.17, 15) is 4.79 Å². The summed E-state index contributed by atoms with van der Waals surface area (Å²) in [4.78, 5) is 21.7. The molecule has 1 fully saturated rings. The number of hydrogen-bond acceptors (Lipinski definition) is 4. The van der Waals surface area contributed by atoms with E-state index in [1.807, 2.05) is 29.8 Å². The average molecular weight is 389 g/mol. The van der Waals surface area contributed by atoms with Crippen LogP contribution in [0.1, 0.15) is 22.6 Å². The number of anilines is 1.